The Morgan fingerprint density at radius 3 is 2.63 bits per heavy atom. The number of aliphatic hydroxyl groups is 1. The van der Waals surface area contributed by atoms with Gasteiger partial charge in [-0.25, -0.2) is 0 Å². The van der Waals surface area contributed by atoms with E-state index in [9.17, 15) is 19.5 Å². The largest absolute Gasteiger partial charge is 0.463 e. The van der Waals surface area contributed by atoms with E-state index >= 15 is 0 Å². The SMILES string of the molecule is C[C@H](CO)NC(=O)C[C@H]1CC=CCCC[C@H](Cc2ccccc2)C(=O)OC[C@H](Cc2c[nH]c3ccccc23)NC1=O. The summed E-state index contributed by atoms with van der Waals surface area (Å²) in [6.45, 7) is 1.57. The van der Waals surface area contributed by atoms with Crippen LogP contribution in [-0.2, 0) is 32.0 Å². The predicted molar refractivity (Wildman–Crippen MR) is 159 cm³/mol. The van der Waals surface area contributed by atoms with Crippen LogP contribution in [-0.4, -0.2) is 53.2 Å². The van der Waals surface area contributed by atoms with E-state index < -0.39 is 18.0 Å². The van der Waals surface area contributed by atoms with E-state index in [1.807, 2.05) is 72.9 Å². The molecule has 0 aliphatic carbocycles. The number of amides is 2. The quantitative estimate of drug-likeness (QED) is 0.243. The summed E-state index contributed by atoms with van der Waals surface area (Å²) >= 11 is 0. The molecule has 1 aliphatic heterocycles. The van der Waals surface area contributed by atoms with Gasteiger partial charge in [0.25, 0.3) is 0 Å². The van der Waals surface area contributed by atoms with Crippen molar-refractivity contribution in [3.8, 4) is 0 Å². The van der Waals surface area contributed by atoms with E-state index in [0.29, 0.717) is 25.7 Å². The van der Waals surface area contributed by atoms with Gasteiger partial charge in [0.05, 0.1) is 24.5 Å². The number of aromatic nitrogens is 1. The maximum absolute atomic E-state index is 13.5. The summed E-state index contributed by atoms with van der Waals surface area (Å²) in [5, 5.41) is 16.2. The van der Waals surface area contributed by atoms with Crippen LogP contribution in [0.15, 0.2) is 72.9 Å². The van der Waals surface area contributed by atoms with Gasteiger partial charge in [0.1, 0.15) is 6.61 Å². The van der Waals surface area contributed by atoms with Gasteiger partial charge in [0, 0.05) is 29.6 Å². The van der Waals surface area contributed by atoms with Gasteiger partial charge >= 0.3 is 5.97 Å². The monoisotopic (exact) mass is 559 g/mol. The van der Waals surface area contributed by atoms with E-state index in [2.05, 4.69) is 15.6 Å². The number of hydrogen-bond donors (Lipinski definition) is 4. The van der Waals surface area contributed by atoms with Gasteiger partial charge in [0.2, 0.25) is 11.8 Å². The van der Waals surface area contributed by atoms with Crippen molar-refractivity contribution in [2.75, 3.05) is 13.2 Å². The van der Waals surface area contributed by atoms with Crippen LogP contribution < -0.4 is 10.6 Å². The number of aromatic amines is 1. The number of esters is 1. The number of ether oxygens (including phenoxy) is 1. The summed E-state index contributed by atoms with van der Waals surface area (Å²) in [4.78, 5) is 42.8. The first kappa shape index (κ1) is 30.1. The van der Waals surface area contributed by atoms with E-state index in [1.165, 1.54) is 0 Å². The number of allylic oxidation sites excluding steroid dienone is 2. The number of hydrogen-bond acceptors (Lipinski definition) is 5. The third-order valence-corrected chi connectivity index (χ3v) is 7.57. The lowest BCUT2D eigenvalue weighted by Crippen LogP contribution is -2.45. The fourth-order valence-corrected chi connectivity index (χ4v) is 5.29. The lowest BCUT2D eigenvalue weighted by atomic mass is 9.93. The number of fused-ring (bicyclic) bond motifs is 1. The highest BCUT2D eigenvalue weighted by atomic mass is 16.5. The van der Waals surface area contributed by atoms with Crippen molar-refractivity contribution in [1.82, 2.24) is 15.6 Å². The zero-order chi connectivity index (χ0) is 29.0. The lowest BCUT2D eigenvalue weighted by molar-refractivity contribution is -0.150. The van der Waals surface area contributed by atoms with Gasteiger partial charge in [-0.05, 0) is 62.6 Å². The van der Waals surface area contributed by atoms with Crippen LogP contribution in [0.1, 0.15) is 50.2 Å². The van der Waals surface area contributed by atoms with Crippen LogP contribution >= 0.6 is 0 Å². The molecule has 1 aromatic heterocycles. The highest BCUT2D eigenvalue weighted by Crippen LogP contribution is 2.22. The minimum atomic E-state index is -0.591. The molecule has 2 aromatic carbocycles. The normalized spacial score (nSPS) is 21.5. The Labute approximate surface area is 241 Å². The van der Waals surface area contributed by atoms with Crippen LogP contribution in [0.2, 0.25) is 0 Å². The Balaban J connectivity index is 1.55. The molecule has 8 nitrogen and oxygen atoms in total. The van der Waals surface area contributed by atoms with Gasteiger partial charge in [-0.1, -0.05) is 60.7 Å². The Morgan fingerprint density at radius 2 is 1.83 bits per heavy atom. The number of H-pyrrole nitrogens is 1. The molecule has 1 aliphatic rings. The number of rotatable bonds is 8. The van der Waals surface area contributed by atoms with Crippen LogP contribution in [0.4, 0.5) is 0 Å². The molecule has 0 fully saturated rings. The number of para-hydroxylation sites is 1. The molecule has 0 saturated carbocycles. The minimum Gasteiger partial charge on any atom is -0.463 e. The molecule has 0 unspecified atom stereocenters. The average Bonchev–Trinajstić information content (AvgIpc) is 3.38. The molecule has 4 rings (SSSR count). The summed E-state index contributed by atoms with van der Waals surface area (Å²) in [5.41, 5.74) is 3.09. The van der Waals surface area contributed by atoms with Crippen molar-refractivity contribution in [1.29, 1.82) is 0 Å². The van der Waals surface area contributed by atoms with Crippen molar-refractivity contribution in [3.05, 3.63) is 84.1 Å². The maximum atomic E-state index is 13.5. The molecule has 0 spiro atoms. The molecule has 0 bridgehead atoms. The van der Waals surface area contributed by atoms with Crippen molar-refractivity contribution < 1.29 is 24.2 Å². The zero-order valence-corrected chi connectivity index (χ0v) is 23.7. The Bertz CT molecular complexity index is 1320. The highest BCUT2D eigenvalue weighted by molar-refractivity contribution is 5.86. The maximum Gasteiger partial charge on any atom is 0.309 e. The zero-order valence-electron chi connectivity index (χ0n) is 23.7. The van der Waals surface area contributed by atoms with E-state index in [4.69, 9.17) is 4.74 Å². The van der Waals surface area contributed by atoms with Gasteiger partial charge < -0.3 is 25.5 Å². The topological polar surface area (TPSA) is 121 Å². The van der Waals surface area contributed by atoms with Gasteiger partial charge in [-0.3, -0.25) is 14.4 Å². The molecule has 4 atom stereocenters. The summed E-state index contributed by atoms with van der Waals surface area (Å²) < 4.78 is 5.89. The first-order valence-electron chi connectivity index (χ1n) is 14.5. The van der Waals surface area contributed by atoms with Crippen LogP contribution in [0, 0.1) is 11.8 Å². The van der Waals surface area contributed by atoms with Crippen molar-refractivity contribution in [2.24, 2.45) is 11.8 Å². The van der Waals surface area contributed by atoms with Crippen molar-refractivity contribution >= 4 is 28.7 Å². The molecule has 4 N–H and O–H groups in total. The van der Waals surface area contributed by atoms with Gasteiger partial charge in [-0.2, -0.15) is 0 Å². The van der Waals surface area contributed by atoms with E-state index in [0.717, 1.165) is 34.9 Å². The molecular weight excluding hydrogens is 518 g/mol. The van der Waals surface area contributed by atoms with Gasteiger partial charge in [-0.15, -0.1) is 0 Å². The lowest BCUT2D eigenvalue weighted by Gasteiger charge is -2.24. The smallest absolute Gasteiger partial charge is 0.309 e. The molecule has 0 saturated heterocycles. The molecule has 2 heterocycles. The van der Waals surface area contributed by atoms with Crippen LogP contribution in [0.3, 0.4) is 0 Å². The molecular formula is C33H41N3O5. The molecule has 8 heteroatoms. The van der Waals surface area contributed by atoms with E-state index in [1.54, 1.807) is 6.92 Å². The molecule has 218 valence electrons. The first-order chi connectivity index (χ1) is 19.9. The summed E-state index contributed by atoms with van der Waals surface area (Å²) in [6.07, 6.45) is 9.66. The Morgan fingerprint density at radius 1 is 1.05 bits per heavy atom. The number of aliphatic hydroxyl groups excluding tert-OH is 1. The summed E-state index contributed by atoms with van der Waals surface area (Å²) in [7, 11) is 0. The first-order valence-corrected chi connectivity index (χ1v) is 14.5. The number of carbonyl (C=O) groups is 3. The second-order valence-electron chi connectivity index (χ2n) is 11.0. The van der Waals surface area contributed by atoms with E-state index in [-0.39, 0.29) is 43.3 Å². The predicted octanol–water partition coefficient (Wildman–Crippen LogP) is 4.23. The Hall–Kier alpha value is -3.91. The number of carbonyl (C=O) groups excluding carboxylic acids is 3. The summed E-state index contributed by atoms with van der Waals surface area (Å²) in [5.74, 6) is -1.68. The third kappa shape index (κ3) is 9.05. The standard InChI is InChI=1S/C33H41N3O5/c1-23(21-37)35-31(38)19-25-13-7-2-3-8-14-26(17-24-11-5-4-6-12-24)33(40)41-22-28(36-32(25)39)18-27-20-34-30-16-10-9-15-29(27)30/h2,4-7,9-12,15-16,20,23,25-26,28,34,37H,3,8,13-14,17-19,21-22H2,1H3,(H,35,38)(H,36,39)/t23-,25-,26-,28+/m1/s1. The molecule has 2 amide bonds. The average molecular weight is 560 g/mol. The van der Waals surface area contributed by atoms with Crippen LogP contribution in [0.25, 0.3) is 10.9 Å². The minimum absolute atomic E-state index is 0.000738. The number of nitrogens with one attached hydrogen (secondary N) is 3. The highest BCUT2D eigenvalue weighted by Gasteiger charge is 2.27. The molecule has 41 heavy (non-hydrogen) atoms. The number of cyclic esters (lactones) is 1. The fraction of sp³-hybridized carbons (Fsp3) is 0.424. The third-order valence-electron chi connectivity index (χ3n) is 7.57. The summed E-state index contributed by atoms with van der Waals surface area (Å²) in [6, 6.07) is 17.0. The Kier molecular flexibility index (Phi) is 11.1. The van der Waals surface area contributed by atoms with Crippen LogP contribution in [0.5, 0.6) is 0 Å². The fourth-order valence-electron chi connectivity index (χ4n) is 5.29. The van der Waals surface area contributed by atoms with Crippen molar-refractivity contribution in [3.63, 3.8) is 0 Å². The van der Waals surface area contributed by atoms with Crippen molar-refractivity contribution in [2.45, 2.75) is 64.0 Å². The second kappa shape index (κ2) is 15.2. The number of benzene rings is 2. The molecule has 3 aromatic rings. The second-order valence-corrected chi connectivity index (χ2v) is 11.0. The molecule has 0 radical (unpaired) electrons. The van der Waals surface area contributed by atoms with Gasteiger partial charge in [0.15, 0.2) is 0 Å².